The molecule has 0 aromatic heterocycles. The van der Waals surface area contributed by atoms with Crippen LogP contribution in [-0.4, -0.2) is 11.4 Å². The molecule has 0 spiro atoms. The molecule has 2 rings (SSSR count). The number of hydrogen-bond acceptors (Lipinski definition) is 2. The van der Waals surface area contributed by atoms with E-state index in [0.29, 0.717) is 0 Å². The van der Waals surface area contributed by atoms with Crippen LogP contribution in [0.3, 0.4) is 0 Å². The highest BCUT2D eigenvalue weighted by Gasteiger charge is 2.14. The smallest absolute Gasteiger partial charge is 0.0763 e. The standard InChI is InChI=1S/C15H14N2/c1-3-4-8-12(2)14-11-15(17-16-14)13-9-6-5-7-10-13/h3-10H,1-2,11H2/b8-4-. The average Bonchev–Trinajstić information content (AvgIpc) is 2.86. The Labute approximate surface area is 101 Å². The third-order valence-electron chi connectivity index (χ3n) is 2.54. The molecule has 2 nitrogen and oxygen atoms in total. The lowest BCUT2D eigenvalue weighted by Gasteiger charge is -2.00. The van der Waals surface area contributed by atoms with Gasteiger partial charge in [-0.05, 0) is 11.1 Å². The summed E-state index contributed by atoms with van der Waals surface area (Å²) in [6.07, 6.45) is 6.21. The number of allylic oxidation sites excluding steroid dienone is 4. The molecule has 1 aromatic carbocycles. The minimum absolute atomic E-state index is 0.740. The first-order valence-electron chi connectivity index (χ1n) is 5.48. The molecular formula is C15H14N2. The van der Waals surface area contributed by atoms with Crippen LogP contribution in [0.5, 0.6) is 0 Å². The zero-order valence-corrected chi connectivity index (χ0v) is 9.63. The van der Waals surface area contributed by atoms with Gasteiger partial charge < -0.3 is 0 Å². The van der Waals surface area contributed by atoms with Crippen LogP contribution in [0.25, 0.3) is 0 Å². The van der Waals surface area contributed by atoms with E-state index in [4.69, 9.17) is 0 Å². The molecule has 0 atom stereocenters. The predicted octanol–water partition coefficient (Wildman–Crippen LogP) is 3.53. The fourth-order valence-corrected chi connectivity index (χ4v) is 1.60. The van der Waals surface area contributed by atoms with Gasteiger partial charge in [0.05, 0.1) is 11.4 Å². The number of benzene rings is 1. The Kier molecular flexibility index (Phi) is 3.46. The van der Waals surface area contributed by atoms with Crippen LogP contribution in [0.15, 0.2) is 77.5 Å². The summed E-state index contributed by atoms with van der Waals surface area (Å²) < 4.78 is 0. The monoisotopic (exact) mass is 222 g/mol. The third-order valence-corrected chi connectivity index (χ3v) is 2.54. The maximum absolute atomic E-state index is 4.20. The average molecular weight is 222 g/mol. The van der Waals surface area contributed by atoms with Crippen LogP contribution in [0.4, 0.5) is 0 Å². The summed E-state index contributed by atoms with van der Waals surface area (Å²) in [5, 5.41) is 8.37. The number of nitrogens with zero attached hydrogens (tertiary/aromatic N) is 2. The Morgan fingerprint density at radius 3 is 2.65 bits per heavy atom. The molecule has 0 unspecified atom stereocenters. The van der Waals surface area contributed by atoms with Crippen LogP contribution in [0, 0.1) is 0 Å². The molecule has 0 radical (unpaired) electrons. The molecule has 2 heteroatoms. The van der Waals surface area contributed by atoms with Crippen molar-refractivity contribution in [2.24, 2.45) is 10.2 Å². The number of rotatable bonds is 4. The van der Waals surface area contributed by atoms with Crippen molar-refractivity contribution in [2.75, 3.05) is 0 Å². The van der Waals surface area contributed by atoms with Crippen LogP contribution in [-0.2, 0) is 0 Å². The van der Waals surface area contributed by atoms with E-state index >= 15 is 0 Å². The molecule has 1 aromatic rings. The van der Waals surface area contributed by atoms with Crippen LogP contribution in [0.2, 0.25) is 0 Å². The van der Waals surface area contributed by atoms with Crippen molar-refractivity contribution in [1.29, 1.82) is 0 Å². The Hall–Kier alpha value is -2.22. The Morgan fingerprint density at radius 1 is 1.18 bits per heavy atom. The van der Waals surface area contributed by atoms with Crippen molar-refractivity contribution in [3.63, 3.8) is 0 Å². The molecule has 84 valence electrons. The topological polar surface area (TPSA) is 24.7 Å². The second-order valence-electron chi connectivity index (χ2n) is 3.76. The molecule has 17 heavy (non-hydrogen) atoms. The molecule has 0 fully saturated rings. The summed E-state index contributed by atoms with van der Waals surface area (Å²) in [6, 6.07) is 10.1. The highest BCUT2D eigenvalue weighted by molar-refractivity contribution is 6.20. The van der Waals surface area contributed by atoms with Gasteiger partial charge in [0.1, 0.15) is 0 Å². The van der Waals surface area contributed by atoms with Gasteiger partial charge in [-0.15, -0.1) is 0 Å². The van der Waals surface area contributed by atoms with E-state index in [1.165, 1.54) is 0 Å². The van der Waals surface area contributed by atoms with Gasteiger partial charge in [0.15, 0.2) is 0 Å². The van der Waals surface area contributed by atoms with Crippen LogP contribution in [0.1, 0.15) is 12.0 Å². The highest BCUT2D eigenvalue weighted by atomic mass is 15.2. The van der Waals surface area contributed by atoms with Gasteiger partial charge in [0.2, 0.25) is 0 Å². The van der Waals surface area contributed by atoms with Gasteiger partial charge in [-0.3, -0.25) is 0 Å². The number of hydrogen-bond donors (Lipinski definition) is 0. The van der Waals surface area contributed by atoms with Crippen molar-refractivity contribution in [2.45, 2.75) is 6.42 Å². The molecule has 1 heterocycles. The van der Waals surface area contributed by atoms with Crippen molar-refractivity contribution in [3.8, 4) is 0 Å². The van der Waals surface area contributed by atoms with Gasteiger partial charge in [0, 0.05) is 6.42 Å². The molecule has 0 N–H and O–H groups in total. The third kappa shape index (κ3) is 2.67. The Balaban J connectivity index is 2.06. The fourth-order valence-electron chi connectivity index (χ4n) is 1.60. The minimum atomic E-state index is 0.740. The lowest BCUT2D eigenvalue weighted by atomic mass is 10.0. The van der Waals surface area contributed by atoms with E-state index in [0.717, 1.165) is 29.0 Å². The van der Waals surface area contributed by atoms with E-state index in [-0.39, 0.29) is 0 Å². The van der Waals surface area contributed by atoms with Gasteiger partial charge >= 0.3 is 0 Å². The molecule has 0 bridgehead atoms. The zero-order chi connectivity index (χ0) is 12.1. The van der Waals surface area contributed by atoms with E-state index in [2.05, 4.69) is 23.4 Å². The SMILES string of the molecule is C=C/C=C\C(=C)C1=NN=C(c2ccccc2)C1. The maximum Gasteiger partial charge on any atom is 0.0763 e. The molecule has 0 saturated carbocycles. The van der Waals surface area contributed by atoms with E-state index in [1.54, 1.807) is 6.08 Å². The summed E-state index contributed by atoms with van der Waals surface area (Å²) in [4.78, 5) is 0. The Bertz CT molecular complexity index is 519. The molecule has 1 aliphatic heterocycles. The first-order valence-corrected chi connectivity index (χ1v) is 5.48. The molecule has 1 aliphatic rings. The second kappa shape index (κ2) is 5.21. The van der Waals surface area contributed by atoms with Crippen molar-refractivity contribution in [1.82, 2.24) is 0 Å². The maximum atomic E-state index is 4.20. The zero-order valence-electron chi connectivity index (χ0n) is 9.63. The van der Waals surface area contributed by atoms with Gasteiger partial charge in [-0.2, -0.15) is 10.2 Å². The Morgan fingerprint density at radius 2 is 1.94 bits per heavy atom. The van der Waals surface area contributed by atoms with Crippen molar-refractivity contribution < 1.29 is 0 Å². The summed E-state index contributed by atoms with van der Waals surface area (Å²) >= 11 is 0. The van der Waals surface area contributed by atoms with Gasteiger partial charge in [-0.25, -0.2) is 0 Å². The normalized spacial score (nSPS) is 14.6. The fraction of sp³-hybridized carbons (Fsp3) is 0.0667. The lowest BCUT2D eigenvalue weighted by molar-refractivity contribution is 1.27. The van der Waals surface area contributed by atoms with Crippen molar-refractivity contribution in [3.05, 3.63) is 72.9 Å². The summed E-state index contributed by atoms with van der Waals surface area (Å²) in [5.74, 6) is 0. The minimum Gasteiger partial charge on any atom is -0.154 e. The molecular weight excluding hydrogens is 208 g/mol. The van der Waals surface area contributed by atoms with Crippen molar-refractivity contribution >= 4 is 11.4 Å². The quantitative estimate of drug-likeness (QED) is 0.696. The van der Waals surface area contributed by atoms with Crippen LogP contribution < -0.4 is 0 Å². The molecule has 0 amide bonds. The summed E-state index contributed by atoms with van der Waals surface area (Å²) in [6.45, 7) is 7.59. The highest BCUT2D eigenvalue weighted by Crippen LogP contribution is 2.15. The first-order chi connectivity index (χ1) is 8.31. The first kappa shape index (κ1) is 11.3. The lowest BCUT2D eigenvalue weighted by Crippen LogP contribution is -2.04. The largest absolute Gasteiger partial charge is 0.154 e. The second-order valence-corrected chi connectivity index (χ2v) is 3.76. The van der Waals surface area contributed by atoms with Gasteiger partial charge in [-0.1, -0.05) is 61.7 Å². The molecule has 0 saturated heterocycles. The van der Waals surface area contributed by atoms with E-state index < -0.39 is 0 Å². The van der Waals surface area contributed by atoms with E-state index in [1.807, 2.05) is 42.5 Å². The molecule has 0 aliphatic carbocycles. The summed E-state index contributed by atoms with van der Waals surface area (Å²) in [5.41, 5.74) is 3.92. The van der Waals surface area contributed by atoms with Gasteiger partial charge in [0.25, 0.3) is 0 Å². The van der Waals surface area contributed by atoms with E-state index in [9.17, 15) is 0 Å². The summed E-state index contributed by atoms with van der Waals surface area (Å²) in [7, 11) is 0. The predicted molar refractivity (Wildman–Crippen MR) is 73.5 cm³/mol. The van der Waals surface area contributed by atoms with Crippen LogP contribution >= 0.6 is 0 Å².